The molecule has 0 aliphatic carbocycles. The largest absolute Gasteiger partial charge is 0.504 e. The third-order valence-corrected chi connectivity index (χ3v) is 1.66. The fraction of sp³-hybridized carbons (Fsp3) is 0.273. The summed E-state index contributed by atoms with van der Waals surface area (Å²) in [6.07, 6.45) is 0. The molecule has 0 spiro atoms. The minimum Gasteiger partial charge on any atom is -0.504 e. The molecule has 0 unspecified atom stereocenters. The number of hydrogen-bond acceptors (Lipinski definition) is 4. The highest BCUT2D eigenvalue weighted by Gasteiger charge is 2.20. The lowest BCUT2D eigenvalue weighted by atomic mass is 10.1. The molecule has 0 aliphatic rings. The molecular formula is C11H13FO4. The zero-order valence-corrected chi connectivity index (χ0v) is 9.24. The van der Waals surface area contributed by atoms with Gasteiger partial charge in [-0.3, -0.25) is 9.59 Å². The molecule has 0 fully saturated rings. The van der Waals surface area contributed by atoms with E-state index in [-0.39, 0.29) is 0 Å². The van der Waals surface area contributed by atoms with Crippen LogP contribution in [0.15, 0.2) is 12.1 Å². The van der Waals surface area contributed by atoms with Crippen molar-refractivity contribution in [1.82, 2.24) is 0 Å². The van der Waals surface area contributed by atoms with Gasteiger partial charge in [0.2, 0.25) is 5.78 Å². The molecule has 0 atom stereocenters. The van der Waals surface area contributed by atoms with Crippen LogP contribution >= 0.6 is 0 Å². The average Bonchev–Trinajstić information content (AvgIpc) is 2.28. The lowest BCUT2D eigenvalue weighted by Gasteiger charge is -2.02. The molecule has 0 bridgehead atoms. The molecule has 0 saturated heterocycles. The number of phenols is 2. The van der Waals surface area contributed by atoms with Gasteiger partial charge in [-0.25, -0.2) is 4.39 Å². The topological polar surface area (TPSA) is 74.6 Å². The van der Waals surface area contributed by atoms with Crippen molar-refractivity contribution in [2.24, 2.45) is 0 Å². The quantitative estimate of drug-likeness (QED) is 0.461. The van der Waals surface area contributed by atoms with Crippen LogP contribution in [0.5, 0.6) is 11.5 Å². The van der Waals surface area contributed by atoms with Crippen molar-refractivity contribution in [2.75, 3.05) is 0 Å². The second-order valence-corrected chi connectivity index (χ2v) is 2.68. The second kappa shape index (κ2) is 5.85. The predicted molar refractivity (Wildman–Crippen MR) is 56.1 cm³/mol. The van der Waals surface area contributed by atoms with Gasteiger partial charge in [0.25, 0.3) is 0 Å². The van der Waals surface area contributed by atoms with Crippen molar-refractivity contribution in [1.29, 1.82) is 0 Å². The van der Waals surface area contributed by atoms with Crippen molar-refractivity contribution in [3.05, 3.63) is 23.5 Å². The summed E-state index contributed by atoms with van der Waals surface area (Å²) >= 11 is 0. The van der Waals surface area contributed by atoms with E-state index in [4.69, 9.17) is 10.2 Å². The Kier molecular flexibility index (Phi) is 5.15. The summed E-state index contributed by atoms with van der Waals surface area (Å²) in [4.78, 5) is 21.7. The van der Waals surface area contributed by atoms with Gasteiger partial charge in [-0.05, 0) is 12.1 Å². The van der Waals surface area contributed by atoms with E-state index < -0.39 is 34.4 Å². The predicted octanol–water partition coefficient (Wildman–Crippen LogP) is 2.03. The molecule has 2 N–H and O–H groups in total. The van der Waals surface area contributed by atoms with Gasteiger partial charge in [-0.1, -0.05) is 13.8 Å². The van der Waals surface area contributed by atoms with Gasteiger partial charge in [0.05, 0.1) is 5.56 Å². The second-order valence-electron chi connectivity index (χ2n) is 2.68. The number of carbonyl (C=O) groups is 2. The van der Waals surface area contributed by atoms with Gasteiger partial charge in [-0.15, -0.1) is 0 Å². The van der Waals surface area contributed by atoms with Gasteiger partial charge < -0.3 is 10.2 Å². The molecule has 0 radical (unpaired) electrons. The molecule has 1 rings (SSSR count). The minimum absolute atomic E-state index is 0.548. The molecule has 0 aliphatic heterocycles. The SMILES string of the molecule is CC.CC(=O)C(=O)c1ccc(O)c(O)c1F. The van der Waals surface area contributed by atoms with Crippen molar-refractivity contribution in [3.63, 3.8) is 0 Å². The molecule has 88 valence electrons. The van der Waals surface area contributed by atoms with Crippen LogP contribution in [0.25, 0.3) is 0 Å². The van der Waals surface area contributed by atoms with Gasteiger partial charge >= 0.3 is 0 Å². The van der Waals surface area contributed by atoms with E-state index in [1.807, 2.05) is 13.8 Å². The van der Waals surface area contributed by atoms with Crippen molar-refractivity contribution in [3.8, 4) is 11.5 Å². The molecule has 4 nitrogen and oxygen atoms in total. The summed E-state index contributed by atoms with van der Waals surface area (Å²) in [5, 5.41) is 17.8. The number of hydrogen-bond donors (Lipinski definition) is 2. The zero-order valence-electron chi connectivity index (χ0n) is 9.24. The van der Waals surface area contributed by atoms with Crippen LogP contribution < -0.4 is 0 Å². The molecule has 0 saturated carbocycles. The summed E-state index contributed by atoms with van der Waals surface area (Å²) in [7, 11) is 0. The first kappa shape index (κ1) is 14.1. The summed E-state index contributed by atoms with van der Waals surface area (Å²) in [5.74, 6) is -4.88. The monoisotopic (exact) mass is 228 g/mol. The van der Waals surface area contributed by atoms with Gasteiger partial charge in [0, 0.05) is 6.92 Å². The Labute approximate surface area is 92.3 Å². The standard InChI is InChI=1S/C9H7FO4.C2H6/c1-4(11)8(13)5-2-3-6(12)9(14)7(5)10;1-2/h2-3,12,14H,1H3;1-2H3. The third kappa shape index (κ3) is 2.79. The Morgan fingerprint density at radius 2 is 1.69 bits per heavy atom. The summed E-state index contributed by atoms with van der Waals surface area (Å²) < 4.78 is 13.1. The maximum Gasteiger partial charge on any atom is 0.231 e. The van der Waals surface area contributed by atoms with E-state index in [1.54, 1.807) is 0 Å². The van der Waals surface area contributed by atoms with Crippen LogP contribution in [0.2, 0.25) is 0 Å². The molecule has 16 heavy (non-hydrogen) atoms. The average molecular weight is 228 g/mol. The number of rotatable bonds is 2. The van der Waals surface area contributed by atoms with Gasteiger partial charge in [0.1, 0.15) is 0 Å². The number of benzene rings is 1. The third-order valence-electron chi connectivity index (χ3n) is 1.66. The van der Waals surface area contributed by atoms with E-state index in [0.717, 1.165) is 19.1 Å². The number of ketones is 2. The van der Waals surface area contributed by atoms with Crippen molar-refractivity contribution in [2.45, 2.75) is 20.8 Å². The number of phenolic OH excluding ortho intramolecular Hbond substituents is 2. The Hall–Kier alpha value is -1.91. The number of Topliss-reactive ketones (excluding diaryl/α,β-unsaturated/α-hetero) is 2. The van der Waals surface area contributed by atoms with Crippen LogP contribution in [0.3, 0.4) is 0 Å². The van der Waals surface area contributed by atoms with Crippen LogP contribution in [0.1, 0.15) is 31.1 Å². The zero-order chi connectivity index (χ0) is 12.9. The van der Waals surface area contributed by atoms with Crippen LogP contribution in [-0.4, -0.2) is 21.8 Å². The Balaban J connectivity index is 0.00000106. The Morgan fingerprint density at radius 3 is 2.12 bits per heavy atom. The fourth-order valence-corrected chi connectivity index (χ4v) is 0.919. The normalized spacial score (nSPS) is 9.00. The first-order chi connectivity index (χ1) is 7.45. The fourth-order valence-electron chi connectivity index (χ4n) is 0.919. The van der Waals surface area contributed by atoms with Crippen LogP contribution in [0.4, 0.5) is 4.39 Å². The minimum atomic E-state index is -1.29. The summed E-state index contributed by atoms with van der Waals surface area (Å²) in [6, 6.07) is 1.88. The summed E-state index contributed by atoms with van der Waals surface area (Å²) in [6.45, 7) is 4.99. The molecule has 1 aromatic carbocycles. The summed E-state index contributed by atoms with van der Waals surface area (Å²) in [5.41, 5.74) is -0.548. The van der Waals surface area contributed by atoms with E-state index in [0.29, 0.717) is 0 Å². The van der Waals surface area contributed by atoms with E-state index >= 15 is 0 Å². The highest BCUT2D eigenvalue weighted by atomic mass is 19.1. The highest BCUT2D eigenvalue weighted by molar-refractivity contribution is 6.43. The molecule has 0 aromatic heterocycles. The Morgan fingerprint density at radius 1 is 1.19 bits per heavy atom. The smallest absolute Gasteiger partial charge is 0.231 e. The molecule has 5 heteroatoms. The first-order valence-electron chi connectivity index (χ1n) is 4.71. The van der Waals surface area contributed by atoms with E-state index in [9.17, 15) is 14.0 Å². The van der Waals surface area contributed by atoms with Gasteiger partial charge in [0.15, 0.2) is 23.1 Å². The van der Waals surface area contributed by atoms with Crippen molar-refractivity contribution >= 4 is 11.6 Å². The maximum atomic E-state index is 13.1. The van der Waals surface area contributed by atoms with Crippen LogP contribution in [-0.2, 0) is 4.79 Å². The molecular weight excluding hydrogens is 215 g/mol. The van der Waals surface area contributed by atoms with Crippen molar-refractivity contribution < 1.29 is 24.2 Å². The lowest BCUT2D eigenvalue weighted by Crippen LogP contribution is -2.11. The number of halogens is 1. The van der Waals surface area contributed by atoms with Crippen LogP contribution in [0, 0.1) is 5.82 Å². The van der Waals surface area contributed by atoms with E-state index in [1.165, 1.54) is 0 Å². The number of aromatic hydroxyl groups is 2. The van der Waals surface area contributed by atoms with E-state index in [2.05, 4.69) is 0 Å². The molecule has 0 amide bonds. The maximum absolute atomic E-state index is 13.1. The molecule has 0 heterocycles. The molecule has 1 aromatic rings. The first-order valence-corrected chi connectivity index (χ1v) is 4.71. The number of carbonyl (C=O) groups excluding carboxylic acids is 2. The lowest BCUT2D eigenvalue weighted by molar-refractivity contribution is -0.113. The Bertz CT molecular complexity index is 413. The van der Waals surface area contributed by atoms with Gasteiger partial charge in [-0.2, -0.15) is 0 Å². The highest BCUT2D eigenvalue weighted by Crippen LogP contribution is 2.29.